The fraction of sp³-hybridized carbons (Fsp3) is 0.381. The molecule has 1 fully saturated rings. The van der Waals surface area contributed by atoms with E-state index in [2.05, 4.69) is 28.1 Å². The number of piperazine rings is 1. The van der Waals surface area contributed by atoms with Crippen LogP contribution in [0, 0.1) is 11.3 Å². The molecule has 3 heterocycles. The van der Waals surface area contributed by atoms with E-state index in [4.69, 9.17) is 10.2 Å². The number of thiophene rings is 1. The van der Waals surface area contributed by atoms with Gasteiger partial charge in [-0.1, -0.05) is 12.1 Å². The number of fused-ring (bicyclic) bond motifs is 3. The number of aromatic nitrogens is 2. The SMILES string of the molecule is N#Cc1ccc(C[NH+]2CCN(c3ncnc4sc5c(c34)CCC5)CC2)cc1. The fourth-order valence-electron chi connectivity index (χ4n) is 4.35. The minimum atomic E-state index is 0.731. The standard InChI is InChI=1S/C21H21N5S/c22-12-15-4-6-16(7-5-15)13-25-8-10-26(11-9-25)20-19-17-2-1-3-18(17)27-21(19)24-14-23-20/h4-7,14H,1-3,8-11,13H2/p+1. The zero-order chi connectivity index (χ0) is 18.2. The van der Waals surface area contributed by atoms with Crippen molar-refractivity contribution < 1.29 is 4.90 Å². The van der Waals surface area contributed by atoms with E-state index in [-0.39, 0.29) is 0 Å². The quantitative estimate of drug-likeness (QED) is 0.759. The molecule has 1 aliphatic heterocycles. The fourth-order valence-corrected chi connectivity index (χ4v) is 5.57. The number of quaternary nitrogens is 1. The van der Waals surface area contributed by atoms with Gasteiger partial charge >= 0.3 is 0 Å². The van der Waals surface area contributed by atoms with E-state index in [0.29, 0.717) is 0 Å². The third-order valence-electron chi connectivity index (χ3n) is 5.79. The lowest BCUT2D eigenvalue weighted by atomic mass is 10.1. The van der Waals surface area contributed by atoms with Gasteiger partial charge in [-0.05, 0) is 37.0 Å². The number of hydrogen-bond acceptors (Lipinski definition) is 5. The van der Waals surface area contributed by atoms with Gasteiger partial charge in [-0.3, -0.25) is 0 Å². The van der Waals surface area contributed by atoms with Crippen LogP contribution < -0.4 is 9.80 Å². The van der Waals surface area contributed by atoms with Crippen molar-refractivity contribution in [3.05, 3.63) is 52.2 Å². The van der Waals surface area contributed by atoms with Crippen LogP contribution in [0.2, 0.25) is 0 Å². The maximum absolute atomic E-state index is 8.93. The molecule has 0 saturated carbocycles. The first-order valence-electron chi connectivity index (χ1n) is 9.64. The van der Waals surface area contributed by atoms with Crippen molar-refractivity contribution in [1.82, 2.24) is 9.97 Å². The summed E-state index contributed by atoms with van der Waals surface area (Å²) in [5.74, 6) is 1.15. The maximum atomic E-state index is 8.93. The van der Waals surface area contributed by atoms with Gasteiger partial charge in [0, 0.05) is 10.4 Å². The Hall–Kier alpha value is -2.49. The van der Waals surface area contributed by atoms with Crippen LogP contribution in [-0.2, 0) is 19.4 Å². The number of nitrogens with one attached hydrogen (secondary N) is 1. The summed E-state index contributed by atoms with van der Waals surface area (Å²) in [6, 6.07) is 10.2. The predicted molar refractivity (Wildman–Crippen MR) is 107 cm³/mol. The lowest BCUT2D eigenvalue weighted by Gasteiger charge is -2.33. The van der Waals surface area contributed by atoms with Gasteiger partial charge in [-0.2, -0.15) is 5.26 Å². The number of aryl methyl sites for hydroxylation is 2. The number of benzene rings is 1. The summed E-state index contributed by atoms with van der Waals surface area (Å²) >= 11 is 1.86. The third kappa shape index (κ3) is 3.07. The van der Waals surface area contributed by atoms with Crippen LogP contribution in [0.25, 0.3) is 10.2 Å². The first-order chi connectivity index (χ1) is 13.3. The Morgan fingerprint density at radius 3 is 2.70 bits per heavy atom. The van der Waals surface area contributed by atoms with E-state index < -0.39 is 0 Å². The van der Waals surface area contributed by atoms with Crippen molar-refractivity contribution in [2.75, 3.05) is 31.1 Å². The molecule has 0 amide bonds. The number of hydrogen-bond donors (Lipinski definition) is 1. The van der Waals surface area contributed by atoms with Gasteiger partial charge in [0.15, 0.2) is 0 Å². The Kier molecular flexibility index (Phi) is 4.27. The second-order valence-corrected chi connectivity index (χ2v) is 8.54. The molecule has 136 valence electrons. The lowest BCUT2D eigenvalue weighted by molar-refractivity contribution is -0.914. The van der Waals surface area contributed by atoms with Crippen LogP contribution in [0.15, 0.2) is 30.6 Å². The van der Waals surface area contributed by atoms with Crippen molar-refractivity contribution in [2.45, 2.75) is 25.8 Å². The molecule has 1 N–H and O–H groups in total. The molecule has 5 nitrogen and oxygen atoms in total. The summed E-state index contributed by atoms with van der Waals surface area (Å²) in [7, 11) is 0. The van der Waals surface area contributed by atoms with Crippen molar-refractivity contribution >= 4 is 27.4 Å². The van der Waals surface area contributed by atoms with Crippen LogP contribution in [0.3, 0.4) is 0 Å². The van der Waals surface area contributed by atoms with Gasteiger partial charge in [0.1, 0.15) is 23.5 Å². The van der Waals surface area contributed by atoms with Gasteiger partial charge < -0.3 is 9.80 Å². The number of nitrogens with zero attached hydrogens (tertiary/aromatic N) is 4. The summed E-state index contributed by atoms with van der Waals surface area (Å²) in [5, 5.41) is 10.3. The van der Waals surface area contributed by atoms with Gasteiger partial charge in [0.2, 0.25) is 0 Å². The molecule has 0 spiro atoms. The molecule has 6 heteroatoms. The second-order valence-electron chi connectivity index (χ2n) is 7.46. The van der Waals surface area contributed by atoms with E-state index in [1.54, 1.807) is 11.2 Å². The Morgan fingerprint density at radius 2 is 1.93 bits per heavy atom. The van der Waals surface area contributed by atoms with Crippen LogP contribution >= 0.6 is 11.3 Å². The Bertz CT molecular complexity index is 1010. The van der Waals surface area contributed by atoms with Gasteiger partial charge in [-0.15, -0.1) is 11.3 Å². The molecule has 5 rings (SSSR count). The molecule has 1 saturated heterocycles. The minimum Gasteiger partial charge on any atom is -0.345 e. The zero-order valence-corrected chi connectivity index (χ0v) is 16.1. The molecular formula is C21H22N5S+. The molecule has 1 aromatic carbocycles. The van der Waals surface area contributed by atoms with Crippen molar-refractivity contribution in [3.63, 3.8) is 0 Å². The van der Waals surface area contributed by atoms with E-state index in [1.165, 1.54) is 40.7 Å². The number of rotatable bonds is 3. The second kappa shape index (κ2) is 6.91. The molecule has 0 atom stereocenters. The summed E-state index contributed by atoms with van der Waals surface area (Å²) in [6.07, 6.45) is 5.39. The molecule has 0 radical (unpaired) electrons. The lowest BCUT2D eigenvalue weighted by Crippen LogP contribution is -3.13. The normalized spacial score (nSPS) is 17.2. The maximum Gasteiger partial charge on any atom is 0.141 e. The topological polar surface area (TPSA) is 57.2 Å². The minimum absolute atomic E-state index is 0.731. The first-order valence-corrected chi connectivity index (χ1v) is 10.5. The van der Waals surface area contributed by atoms with Crippen LogP contribution in [0.1, 0.15) is 28.0 Å². The summed E-state index contributed by atoms with van der Waals surface area (Å²) < 4.78 is 0. The molecule has 27 heavy (non-hydrogen) atoms. The monoisotopic (exact) mass is 376 g/mol. The average Bonchev–Trinajstić information content (AvgIpc) is 3.30. The highest BCUT2D eigenvalue weighted by Crippen LogP contribution is 2.40. The Balaban J connectivity index is 1.31. The van der Waals surface area contributed by atoms with Crippen molar-refractivity contribution in [2.24, 2.45) is 0 Å². The van der Waals surface area contributed by atoms with E-state index >= 15 is 0 Å². The predicted octanol–water partition coefficient (Wildman–Crippen LogP) is 1.96. The molecule has 2 aromatic heterocycles. The average molecular weight is 377 g/mol. The van der Waals surface area contributed by atoms with E-state index in [1.807, 2.05) is 23.5 Å². The molecule has 0 unspecified atom stereocenters. The highest BCUT2D eigenvalue weighted by Gasteiger charge is 2.26. The van der Waals surface area contributed by atoms with Crippen molar-refractivity contribution in [3.8, 4) is 6.07 Å². The first kappa shape index (κ1) is 16.7. The molecular weight excluding hydrogens is 354 g/mol. The number of anilines is 1. The van der Waals surface area contributed by atoms with Crippen LogP contribution in [-0.4, -0.2) is 36.1 Å². The largest absolute Gasteiger partial charge is 0.345 e. The Labute approximate surface area is 162 Å². The molecule has 3 aromatic rings. The summed E-state index contributed by atoms with van der Waals surface area (Å²) in [5.41, 5.74) is 3.55. The summed E-state index contributed by atoms with van der Waals surface area (Å²) in [6.45, 7) is 5.30. The highest BCUT2D eigenvalue weighted by molar-refractivity contribution is 7.19. The van der Waals surface area contributed by atoms with Crippen LogP contribution in [0.4, 0.5) is 5.82 Å². The number of nitriles is 1. The molecule has 1 aliphatic carbocycles. The van der Waals surface area contributed by atoms with E-state index in [9.17, 15) is 0 Å². The van der Waals surface area contributed by atoms with Gasteiger partial charge in [0.25, 0.3) is 0 Å². The molecule has 2 aliphatic rings. The molecule has 0 bridgehead atoms. The third-order valence-corrected chi connectivity index (χ3v) is 6.99. The van der Waals surface area contributed by atoms with Crippen LogP contribution in [0.5, 0.6) is 0 Å². The summed E-state index contributed by atoms with van der Waals surface area (Å²) in [4.78, 5) is 16.0. The highest BCUT2D eigenvalue weighted by atomic mass is 32.1. The van der Waals surface area contributed by atoms with Gasteiger partial charge in [-0.25, -0.2) is 9.97 Å². The van der Waals surface area contributed by atoms with Crippen molar-refractivity contribution in [1.29, 1.82) is 5.26 Å². The smallest absolute Gasteiger partial charge is 0.141 e. The Morgan fingerprint density at radius 1 is 1.11 bits per heavy atom. The van der Waals surface area contributed by atoms with Gasteiger partial charge in [0.05, 0.1) is 43.2 Å². The zero-order valence-electron chi connectivity index (χ0n) is 15.2. The van der Waals surface area contributed by atoms with E-state index in [0.717, 1.165) is 48.9 Å².